The second-order valence-corrected chi connectivity index (χ2v) is 6.30. The zero-order valence-corrected chi connectivity index (χ0v) is 9.42. The van der Waals surface area contributed by atoms with Crippen molar-refractivity contribution in [3.63, 3.8) is 0 Å². The topological polar surface area (TPSA) is 12.0 Å². The lowest BCUT2D eigenvalue weighted by Gasteiger charge is -2.25. The molecular weight excluding hydrogens is 150 g/mol. The summed E-state index contributed by atoms with van der Waals surface area (Å²) < 4.78 is 0. The van der Waals surface area contributed by atoms with Crippen LogP contribution in [0.4, 0.5) is 0 Å². The first kappa shape index (κ1) is 9.47. The van der Waals surface area contributed by atoms with Crippen LogP contribution in [0.15, 0.2) is 0 Å². The zero-order chi connectivity index (χ0) is 7.49. The summed E-state index contributed by atoms with van der Waals surface area (Å²) in [7, 11) is 1.13. The summed E-state index contributed by atoms with van der Waals surface area (Å²) in [6.07, 6.45) is 0. The van der Waals surface area contributed by atoms with E-state index in [1.165, 1.54) is 0 Å². The van der Waals surface area contributed by atoms with Crippen LogP contribution < -0.4 is 5.32 Å². The molecule has 0 aromatic carbocycles. The Morgan fingerprint density at radius 1 is 1.67 bits per heavy atom. The van der Waals surface area contributed by atoms with Crippen molar-refractivity contribution < 1.29 is 0 Å². The first-order chi connectivity index (χ1) is 3.98. The van der Waals surface area contributed by atoms with E-state index in [1.807, 2.05) is 0 Å². The van der Waals surface area contributed by atoms with Gasteiger partial charge in [0.05, 0.1) is 5.50 Å². The summed E-state index contributed by atoms with van der Waals surface area (Å²) in [5.74, 6) is 0. The lowest BCUT2D eigenvalue weighted by Crippen LogP contribution is -2.32. The molecule has 56 valence electrons. The maximum Gasteiger partial charge on any atom is 0.0843 e. The fourth-order valence-electron chi connectivity index (χ4n) is 0.485. The van der Waals surface area contributed by atoms with Gasteiger partial charge in [-0.05, 0) is 11.6 Å². The van der Waals surface area contributed by atoms with E-state index < -0.39 is 0 Å². The normalized spacial score (nSPS) is 16.0. The highest BCUT2D eigenvalue weighted by atomic mass is 35.5. The molecule has 1 atom stereocenters. The summed E-state index contributed by atoms with van der Waals surface area (Å²) in [5.41, 5.74) is 0.147. The maximum absolute atomic E-state index is 5.98. The fourth-order valence-corrected chi connectivity index (χ4v) is 0.844. The molecule has 3 heteroatoms. The van der Waals surface area contributed by atoms with Gasteiger partial charge in [-0.2, -0.15) is 0 Å². The van der Waals surface area contributed by atoms with Gasteiger partial charge in [-0.1, -0.05) is 20.8 Å². The van der Waals surface area contributed by atoms with Crippen molar-refractivity contribution in [1.29, 1.82) is 0 Å². The third-order valence-corrected chi connectivity index (χ3v) is 2.90. The summed E-state index contributed by atoms with van der Waals surface area (Å²) >= 11 is 5.98. The van der Waals surface area contributed by atoms with Crippen LogP contribution in [-0.2, 0) is 0 Å². The molecular formula is C6H16ClNSi. The lowest BCUT2D eigenvalue weighted by atomic mass is 10.2. The van der Waals surface area contributed by atoms with Gasteiger partial charge in [0.15, 0.2) is 0 Å². The largest absolute Gasteiger partial charge is 0.301 e. The first-order valence-electron chi connectivity index (χ1n) is 3.36. The zero-order valence-electron chi connectivity index (χ0n) is 6.66. The Labute approximate surface area is 65.6 Å². The molecule has 0 fully saturated rings. The standard InChI is InChI=1S/C6H16ClNSi/c1-4-8-5(7)6(2,3)9/h5,8H,4H2,1-3,9H3. The van der Waals surface area contributed by atoms with Crippen LogP contribution in [0.3, 0.4) is 0 Å². The molecule has 0 bridgehead atoms. The SMILES string of the molecule is CCNC(Cl)C(C)(C)[SiH3]. The van der Waals surface area contributed by atoms with Crippen LogP contribution >= 0.6 is 11.6 Å². The van der Waals surface area contributed by atoms with Gasteiger partial charge >= 0.3 is 0 Å². The molecule has 1 unspecified atom stereocenters. The average molecular weight is 166 g/mol. The molecule has 1 nitrogen and oxygen atoms in total. The van der Waals surface area contributed by atoms with E-state index in [-0.39, 0.29) is 5.50 Å². The van der Waals surface area contributed by atoms with Gasteiger partial charge in [0.2, 0.25) is 0 Å². The van der Waals surface area contributed by atoms with Crippen LogP contribution in [0.25, 0.3) is 0 Å². The van der Waals surface area contributed by atoms with E-state index in [2.05, 4.69) is 26.1 Å². The monoisotopic (exact) mass is 165 g/mol. The first-order valence-corrected chi connectivity index (χ1v) is 4.79. The Morgan fingerprint density at radius 2 is 2.11 bits per heavy atom. The van der Waals surface area contributed by atoms with Crippen molar-refractivity contribution >= 4 is 21.8 Å². The van der Waals surface area contributed by atoms with Crippen molar-refractivity contribution in [3.8, 4) is 0 Å². The van der Waals surface area contributed by atoms with Crippen molar-refractivity contribution in [2.75, 3.05) is 6.54 Å². The molecule has 0 spiro atoms. The highest BCUT2D eigenvalue weighted by molar-refractivity contribution is 6.27. The predicted molar refractivity (Wildman–Crippen MR) is 47.3 cm³/mol. The number of nitrogens with one attached hydrogen (secondary N) is 1. The Bertz CT molecular complexity index is 79.6. The molecule has 0 aromatic rings. The Balaban J connectivity index is 3.59. The van der Waals surface area contributed by atoms with E-state index in [0.717, 1.165) is 16.8 Å². The average Bonchev–Trinajstić information content (AvgIpc) is 1.64. The highest BCUT2D eigenvalue weighted by Gasteiger charge is 2.20. The minimum Gasteiger partial charge on any atom is -0.301 e. The molecule has 0 aromatic heterocycles. The minimum atomic E-state index is 0.147. The van der Waals surface area contributed by atoms with Gasteiger partial charge in [-0.3, -0.25) is 0 Å². The molecule has 0 saturated heterocycles. The van der Waals surface area contributed by atoms with Crippen LogP contribution in [0.5, 0.6) is 0 Å². The van der Waals surface area contributed by atoms with E-state index in [4.69, 9.17) is 11.6 Å². The van der Waals surface area contributed by atoms with Crippen molar-refractivity contribution in [2.24, 2.45) is 0 Å². The van der Waals surface area contributed by atoms with Gasteiger partial charge in [0.1, 0.15) is 0 Å². The van der Waals surface area contributed by atoms with Gasteiger partial charge in [-0.15, -0.1) is 11.6 Å². The quantitative estimate of drug-likeness (QED) is 0.370. The predicted octanol–water partition coefficient (Wildman–Crippen LogP) is 0.725. The smallest absolute Gasteiger partial charge is 0.0843 e. The number of halogens is 1. The molecule has 0 amide bonds. The molecule has 1 N–H and O–H groups in total. The molecule has 0 heterocycles. The van der Waals surface area contributed by atoms with Gasteiger partial charge in [0, 0.05) is 10.2 Å². The summed E-state index contributed by atoms with van der Waals surface area (Å²) in [5, 5.41) is 3.49. The highest BCUT2D eigenvalue weighted by Crippen LogP contribution is 2.26. The molecule has 0 aliphatic heterocycles. The molecule has 0 saturated carbocycles. The van der Waals surface area contributed by atoms with Crippen molar-refractivity contribution in [1.82, 2.24) is 5.32 Å². The molecule has 0 aliphatic rings. The summed E-state index contributed by atoms with van der Waals surface area (Å²) in [4.78, 5) is 0. The van der Waals surface area contributed by atoms with Crippen molar-refractivity contribution in [2.45, 2.75) is 31.3 Å². The maximum atomic E-state index is 5.98. The van der Waals surface area contributed by atoms with Crippen LogP contribution in [-0.4, -0.2) is 22.3 Å². The van der Waals surface area contributed by atoms with Crippen LogP contribution in [0.2, 0.25) is 5.04 Å². The Kier molecular flexibility index (Phi) is 3.78. The second kappa shape index (κ2) is 3.59. The van der Waals surface area contributed by atoms with Gasteiger partial charge in [0.25, 0.3) is 0 Å². The van der Waals surface area contributed by atoms with Gasteiger partial charge < -0.3 is 5.32 Å². The fraction of sp³-hybridized carbons (Fsp3) is 1.00. The number of hydrogen-bond donors (Lipinski definition) is 1. The molecule has 9 heavy (non-hydrogen) atoms. The second-order valence-electron chi connectivity index (χ2n) is 3.29. The minimum absolute atomic E-state index is 0.147. The number of hydrogen-bond acceptors (Lipinski definition) is 1. The van der Waals surface area contributed by atoms with E-state index in [0.29, 0.717) is 5.04 Å². The lowest BCUT2D eigenvalue weighted by molar-refractivity contribution is 0.538. The van der Waals surface area contributed by atoms with Crippen molar-refractivity contribution in [3.05, 3.63) is 0 Å². The molecule has 0 radical (unpaired) electrons. The van der Waals surface area contributed by atoms with Crippen LogP contribution in [0.1, 0.15) is 20.8 Å². The number of rotatable bonds is 3. The van der Waals surface area contributed by atoms with E-state index >= 15 is 0 Å². The Morgan fingerprint density at radius 3 is 2.22 bits per heavy atom. The van der Waals surface area contributed by atoms with Gasteiger partial charge in [-0.25, -0.2) is 0 Å². The third kappa shape index (κ3) is 3.95. The summed E-state index contributed by atoms with van der Waals surface area (Å²) in [6, 6.07) is 0. The third-order valence-electron chi connectivity index (χ3n) is 1.14. The summed E-state index contributed by atoms with van der Waals surface area (Å²) in [6.45, 7) is 7.39. The molecule has 0 aliphatic carbocycles. The molecule has 0 rings (SSSR count). The van der Waals surface area contributed by atoms with E-state index in [9.17, 15) is 0 Å². The Hall–Kier alpha value is 0.467. The number of alkyl halides is 1. The van der Waals surface area contributed by atoms with E-state index in [1.54, 1.807) is 0 Å². The van der Waals surface area contributed by atoms with Crippen LogP contribution in [0, 0.1) is 0 Å².